The van der Waals surface area contributed by atoms with E-state index in [1.807, 2.05) is 44.2 Å². The molecule has 1 rings (SSSR count). The summed E-state index contributed by atoms with van der Waals surface area (Å²) in [5.41, 5.74) is -1.04. The van der Waals surface area contributed by atoms with Crippen LogP contribution >= 0.6 is 0 Å². The second-order valence-electron chi connectivity index (χ2n) is 4.66. The molecule has 0 saturated heterocycles. The minimum absolute atomic E-state index is 0.0176. The van der Waals surface area contributed by atoms with Crippen molar-refractivity contribution in [3.8, 4) is 0 Å². The zero-order valence-corrected chi connectivity index (χ0v) is 11.0. The van der Waals surface area contributed by atoms with Crippen LogP contribution in [0, 0.1) is 5.92 Å². The summed E-state index contributed by atoms with van der Waals surface area (Å²) in [6, 6.07) is 9.13. The second-order valence-corrected chi connectivity index (χ2v) is 4.66. The smallest absolute Gasteiger partial charge is 0.360 e. The zero-order valence-electron chi connectivity index (χ0n) is 11.0. The molecular weight excluding hydrogens is 246 g/mol. The van der Waals surface area contributed by atoms with Crippen molar-refractivity contribution in [1.29, 1.82) is 0 Å². The van der Waals surface area contributed by atoms with Gasteiger partial charge in [-0.15, -0.1) is 0 Å². The van der Waals surface area contributed by atoms with E-state index in [1.54, 1.807) is 0 Å². The van der Waals surface area contributed by atoms with Gasteiger partial charge in [0.05, 0.1) is 6.61 Å². The Hall–Kier alpha value is -1.97. The van der Waals surface area contributed by atoms with Crippen LogP contribution in [0.4, 0.5) is 0 Å². The third-order valence-corrected chi connectivity index (χ3v) is 2.57. The highest BCUT2D eigenvalue weighted by Gasteiger charge is 2.40. The largest absolute Gasteiger partial charge is 0.478 e. The molecule has 102 valence electrons. The molecule has 5 nitrogen and oxygen atoms in total. The van der Waals surface area contributed by atoms with Crippen molar-refractivity contribution in [3.63, 3.8) is 0 Å². The summed E-state index contributed by atoms with van der Waals surface area (Å²) in [5.74, 6) is -1.26. The lowest BCUT2D eigenvalue weighted by molar-refractivity contribution is -0.169. The fourth-order valence-corrected chi connectivity index (χ4v) is 1.74. The van der Waals surface area contributed by atoms with E-state index in [-0.39, 0.29) is 18.9 Å². The molecule has 1 aromatic rings. The number of ether oxygens (including phenoxy) is 1. The molecule has 19 heavy (non-hydrogen) atoms. The number of carboxylic acid groups (broad SMARTS) is 1. The maximum absolute atomic E-state index is 11.4. The first-order chi connectivity index (χ1) is 9.00. The fourth-order valence-electron chi connectivity index (χ4n) is 1.74. The Labute approximate surface area is 111 Å². The first-order valence-electron chi connectivity index (χ1n) is 6.00. The number of aliphatic carboxylic acids is 1. The standard InChI is InChI=1S/C14H17NO4/c1-11(2)8-14(13(17)18,15-10-16)19-9-12-6-4-3-5-7-12/h3-7,11H,8-9H2,1-2H3,(H,17,18)/t14-/m1/s1. The van der Waals surface area contributed by atoms with Gasteiger partial charge < -0.3 is 9.84 Å². The second kappa shape index (κ2) is 6.83. The number of aliphatic imine (C=N–C) groups is 1. The number of carboxylic acids is 1. The van der Waals surface area contributed by atoms with Crippen LogP contribution in [0.2, 0.25) is 0 Å². The lowest BCUT2D eigenvalue weighted by atomic mass is 10.0. The van der Waals surface area contributed by atoms with Gasteiger partial charge in [-0.2, -0.15) is 4.99 Å². The van der Waals surface area contributed by atoms with Crippen LogP contribution in [-0.4, -0.2) is 22.9 Å². The van der Waals surface area contributed by atoms with Crippen LogP contribution in [-0.2, 0) is 20.9 Å². The Kier molecular flexibility index (Phi) is 5.42. The molecule has 0 amide bonds. The predicted octanol–water partition coefficient (Wildman–Crippen LogP) is 2.37. The van der Waals surface area contributed by atoms with Gasteiger partial charge in [0, 0.05) is 6.42 Å². The Morgan fingerprint density at radius 2 is 2.05 bits per heavy atom. The molecule has 0 aromatic heterocycles. The van der Waals surface area contributed by atoms with E-state index in [9.17, 15) is 14.7 Å². The van der Waals surface area contributed by atoms with Crippen molar-refractivity contribution in [1.82, 2.24) is 0 Å². The van der Waals surface area contributed by atoms with Crippen LogP contribution in [0.1, 0.15) is 25.8 Å². The third-order valence-electron chi connectivity index (χ3n) is 2.57. The predicted molar refractivity (Wildman–Crippen MR) is 69.2 cm³/mol. The Morgan fingerprint density at radius 1 is 1.42 bits per heavy atom. The molecule has 0 aliphatic carbocycles. The average molecular weight is 263 g/mol. The molecule has 0 heterocycles. The molecule has 0 aliphatic heterocycles. The normalized spacial score (nSPS) is 13.6. The van der Waals surface area contributed by atoms with Crippen molar-refractivity contribution in [2.75, 3.05) is 0 Å². The first-order valence-corrected chi connectivity index (χ1v) is 6.00. The van der Waals surface area contributed by atoms with Crippen molar-refractivity contribution in [2.45, 2.75) is 32.6 Å². The van der Waals surface area contributed by atoms with Crippen LogP contribution in [0.5, 0.6) is 0 Å². The van der Waals surface area contributed by atoms with E-state index >= 15 is 0 Å². The highest BCUT2D eigenvalue weighted by Crippen LogP contribution is 2.25. The quantitative estimate of drug-likeness (QED) is 0.605. The van der Waals surface area contributed by atoms with Crippen LogP contribution in [0.15, 0.2) is 35.3 Å². The van der Waals surface area contributed by atoms with Crippen LogP contribution in [0.25, 0.3) is 0 Å². The summed E-state index contributed by atoms with van der Waals surface area (Å²) >= 11 is 0. The van der Waals surface area contributed by atoms with Gasteiger partial charge >= 0.3 is 5.97 Å². The Balaban J connectivity index is 2.90. The van der Waals surface area contributed by atoms with Gasteiger partial charge in [0.25, 0.3) is 5.72 Å². The molecule has 0 unspecified atom stereocenters. The Bertz CT molecular complexity index is 462. The summed E-state index contributed by atoms with van der Waals surface area (Å²) in [7, 11) is 0. The van der Waals surface area contributed by atoms with Crippen LogP contribution < -0.4 is 0 Å². The molecular formula is C14H17NO4. The molecule has 1 atom stereocenters. The van der Waals surface area contributed by atoms with Gasteiger partial charge in [-0.25, -0.2) is 9.59 Å². The SMILES string of the molecule is CC(C)C[C@@](N=C=O)(OCc1ccccc1)C(=O)O. The monoisotopic (exact) mass is 263 g/mol. The molecule has 0 radical (unpaired) electrons. The lowest BCUT2D eigenvalue weighted by Gasteiger charge is -2.25. The third kappa shape index (κ3) is 4.32. The van der Waals surface area contributed by atoms with Gasteiger partial charge in [0.2, 0.25) is 6.08 Å². The number of carbonyl (C=O) groups is 1. The number of hydrogen-bond donors (Lipinski definition) is 1. The molecule has 1 aromatic carbocycles. The lowest BCUT2D eigenvalue weighted by Crippen LogP contribution is -2.40. The highest BCUT2D eigenvalue weighted by molar-refractivity contribution is 5.78. The number of benzene rings is 1. The van der Waals surface area contributed by atoms with Crippen molar-refractivity contribution in [2.24, 2.45) is 10.9 Å². The van der Waals surface area contributed by atoms with E-state index in [4.69, 9.17) is 4.74 Å². The Morgan fingerprint density at radius 3 is 2.53 bits per heavy atom. The molecule has 0 aliphatic rings. The average Bonchev–Trinajstić information content (AvgIpc) is 2.36. The van der Waals surface area contributed by atoms with Gasteiger partial charge in [0.1, 0.15) is 0 Å². The first kappa shape index (κ1) is 15.1. The molecule has 0 bridgehead atoms. The maximum atomic E-state index is 11.4. The minimum atomic E-state index is -1.86. The summed E-state index contributed by atoms with van der Waals surface area (Å²) in [4.78, 5) is 25.2. The number of isocyanates is 1. The van der Waals surface area contributed by atoms with Gasteiger partial charge in [-0.3, -0.25) is 0 Å². The van der Waals surface area contributed by atoms with Gasteiger partial charge in [0.15, 0.2) is 0 Å². The molecule has 5 heteroatoms. The van der Waals surface area contributed by atoms with Gasteiger partial charge in [-0.1, -0.05) is 44.2 Å². The van der Waals surface area contributed by atoms with Crippen molar-refractivity contribution >= 4 is 12.0 Å². The summed E-state index contributed by atoms with van der Waals surface area (Å²) in [6.45, 7) is 3.75. The molecule has 1 N–H and O–H groups in total. The summed E-state index contributed by atoms with van der Waals surface area (Å²) in [6.07, 6.45) is 1.42. The minimum Gasteiger partial charge on any atom is -0.478 e. The highest BCUT2D eigenvalue weighted by atomic mass is 16.5. The van der Waals surface area contributed by atoms with E-state index in [1.165, 1.54) is 6.08 Å². The maximum Gasteiger partial charge on any atom is 0.360 e. The molecule has 0 fully saturated rings. The molecule has 0 spiro atoms. The van der Waals surface area contributed by atoms with E-state index in [0.717, 1.165) is 5.56 Å². The van der Waals surface area contributed by atoms with Gasteiger partial charge in [-0.05, 0) is 11.5 Å². The van der Waals surface area contributed by atoms with Crippen molar-refractivity contribution in [3.05, 3.63) is 35.9 Å². The molecule has 0 saturated carbocycles. The van der Waals surface area contributed by atoms with E-state index in [0.29, 0.717) is 0 Å². The van der Waals surface area contributed by atoms with Crippen molar-refractivity contribution < 1.29 is 19.4 Å². The summed E-state index contributed by atoms with van der Waals surface area (Å²) < 4.78 is 5.40. The number of rotatable bonds is 7. The van der Waals surface area contributed by atoms with E-state index in [2.05, 4.69) is 4.99 Å². The topological polar surface area (TPSA) is 76.0 Å². The summed E-state index contributed by atoms with van der Waals surface area (Å²) in [5, 5.41) is 9.28. The fraction of sp³-hybridized carbons (Fsp3) is 0.429. The number of nitrogens with zero attached hydrogens (tertiary/aromatic N) is 1. The zero-order chi connectivity index (χ0) is 14.3. The van der Waals surface area contributed by atoms with E-state index < -0.39 is 11.7 Å². The number of carbonyl (C=O) groups excluding carboxylic acids is 1. The number of hydrogen-bond acceptors (Lipinski definition) is 4. The van der Waals surface area contributed by atoms with Crippen LogP contribution in [0.3, 0.4) is 0 Å².